The number of hydrogen-bond acceptors (Lipinski definition) is 3. The predicted molar refractivity (Wildman–Crippen MR) is 76.9 cm³/mol. The van der Waals surface area contributed by atoms with Gasteiger partial charge in [-0.15, -0.1) is 0 Å². The Morgan fingerprint density at radius 3 is 2.55 bits per heavy atom. The van der Waals surface area contributed by atoms with E-state index >= 15 is 0 Å². The van der Waals surface area contributed by atoms with Crippen LogP contribution in [0.4, 0.5) is 4.39 Å². The number of pyridine rings is 1. The second-order valence-electron chi connectivity index (χ2n) is 4.87. The fourth-order valence-corrected chi connectivity index (χ4v) is 1.98. The maximum absolute atomic E-state index is 12.9. The quantitative estimate of drug-likeness (QED) is 0.834. The van der Waals surface area contributed by atoms with Crippen molar-refractivity contribution in [2.75, 3.05) is 6.54 Å². The summed E-state index contributed by atoms with van der Waals surface area (Å²) in [5, 5.41) is 14.0. The third-order valence-corrected chi connectivity index (χ3v) is 3.28. The maximum atomic E-state index is 12.9. The lowest BCUT2D eigenvalue weighted by molar-refractivity contribution is 0.0566. The van der Waals surface area contributed by atoms with E-state index in [2.05, 4.69) is 10.3 Å². The van der Waals surface area contributed by atoms with Crippen molar-refractivity contribution in [1.29, 1.82) is 0 Å². The first-order valence-electron chi connectivity index (χ1n) is 6.27. The molecule has 2 N–H and O–H groups in total. The van der Waals surface area contributed by atoms with Crippen LogP contribution in [0.3, 0.4) is 0 Å². The normalized spacial score (nSPS) is 14.0. The molecule has 20 heavy (non-hydrogen) atoms. The molecule has 1 unspecified atom stereocenters. The third-order valence-electron chi connectivity index (χ3n) is 3.05. The lowest BCUT2D eigenvalue weighted by atomic mass is 9.96. The first-order chi connectivity index (χ1) is 9.47. The van der Waals surface area contributed by atoms with Crippen molar-refractivity contribution in [2.45, 2.75) is 19.1 Å². The smallest absolute Gasteiger partial charge is 0.129 e. The second-order valence-corrected chi connectivity index (χ2v) is 5.26. The Balaban J connectivity index is 1.92. The van der Waals surface area contributed by atoms with Crippen molar-refractivity contribution < 1.29 is 9.50 Å². The van der Waals surface area contributed by atoms with Crippen molar-refractivity contribution >= 4 is 11.6 Å². The van der Waals surface area contributed by atoms with Crippen molar-refractivity contribution in [3.8, 4) is 0 Å². The number of aromatic nitrogens is 1. The van der Waals surface area contributed by atoms with Gasteiger partial charge < -0.3 is 10.4 Å². The number of aliphatic hydroxyl groups is 1. The summed E-state index contributed by atoms with van der Waals surface area (Å²) in [6.07, 6.45) is 1.68. The van der Waals surface area contributed by atoms with E-state index in [0.29, 0.717) is 23.8 Å². The van der Waals surface area contributed by atoms with E-state index in [0.717, 1.165) is 5.56 Å². The zero-order chi connectivity index (χ0) is 14.6. The predicted octanol–water partition coefficient (Wildman–Crippen LogP) is 2.87. The first-order valence-corrected chi connectivity index (χ1v) is 6.65. The summed E-state index contributed by atoms with van der Waals surface area (Å²) < 4.78 is 12.9. The lowest BCUT2D eigenvalue weighted by Gasteiger charge is -2.24. The van der Waals surface area contributed by atoms with Crippen LogP contribution in [0, 0.1) is 5.82 Å². The zero-order valence-corrected chi connectivity index (χ0v) is 11.9. The zero-order valence-electron chi connectivity index (χ0n) is 11.1. The second kappa shape index (κ2) is 6.31. The monoisotopic (exact) mass is 294 g/mol. The molecule has 2 rings (SSSR count). The molecular weight excluding hydrogens is 279 g/mol. The highest BCUT2D eigenvalue weighted by Gasteiger charge is 2.22. The van der Waals surface area contributed by atoms with Crippen molar-refractivity contribution in [2.24, 2.45) is 0 Å². The Kier molecular flexibility index (Phi) is 4.70. The van der Waals surface area contributed by atoms with E-state index in [4.69, 9.17) is 11.6 Å². The molecule has 0 saturated carbocycles. The van der Waals surface area contributed by atoms with Crippen molar-refractivity contribution in [1.82, 2.24) is 10.3 Å². The van der Waals surface area contributed by atoms with E-state index in [1.165, 1.54) is 12.1 Å². The van der Waals surface area contributed by atoms with Gasteiger partial charge in [0.25, 0.3) is 0 Å². The largest absolute Gasteiger partial charge is 0.384 e. The summed E-state index contributed by atoms with van der Waals surface area (Å²) in [6.45, 7) is 2.61. The van der Waals surface area contributed by atoms with Crippen molar-refractivity contribution in [3.63, 3.8) is 0 Å². The Morgan fingerprint density at radius 2 is 1.95 bits per heavy atom. The number of halogens is 2. The van der Waals surface area contributed by atoms with Crippen LogP contribution < -0.4 is 5.32 Å². The van der Waals surface area contributed by atoms with E-state index < -0.39 is 5.60 Å². The molecule has 1 heterocycles. The van der Waals surface area contributed by atoms with Gasteiger partial charge in [0, 0.05) is 19.3 Å². The molecular formula is C15H16ClFN2O. The van der Waals surface area contributed by atoms with E-state index in [1.54, 1.807) is 31.3 Å². The lowest BCUT2D eigenvalue weighted by Crippen LogP contribution is -2.35. The molecule has 2 aromatic rings. The molecule has 1 aromatic heterocycles. The molecule has 1 aromatic carbocycles. The van der Waals surface area contributed by atoms with Crippen LogP contribution in [0.25, 0.3) is 0 Å². The standard InChI is InChI=1S/C15H16ClFN2O/c1-15(20,12-3-5-13(17)6-4-12)10-18-8-11-2-7-14(16)19-9-11/h2-7,9,18,20H,8,10H2,1H3. The van der Waals surface area contributed by atoms with Gasteiger partial charge in [-0.2, -0.15) is 0 Å². The van der Waals surface area contributed by atoms with Gasteiger partial charge in [-0.05, 0) is 36.2 Å². The average molecular weight is 295 g/mol. The molecule has 106 valence electrons. The Bertz CT molecular complexity index is 555. The van der Waals surface area contributed by atoms with Crippen LogP contribution in [0.5, 0.6) is 0 Å². The highest BCUT2D eigenvalue weighted by Crippen LogP contribution is 2.20. The molecule has 0 aliphatic carbocycles. The van der Waals surface area contributed by atoms with Crippen LogP contribution >= 0.6 is 11.6 Å². The van der Waals surface area contributed by atoms with Crippen LogP contribution in [0.1, 0.15) is 18.1 Å². The molecule has 3 nitrogen and oxygen atoms in total. The van der Waals surface area contributed by atoms with E-state index in [9.17, 15) is 9.50 Å². The van der Waals surface area contributed by atoms with Gasteiger partial charge in [-0.25, -0.2) is 9.37 Å². The van der Waals surface area contributed by atoms with Gasteiger partial charge >= 0.3 is 0 Å². The van der Waals surface area contributed by atoms with E-state index in [1.807, 2.05) is 6.07 Å². The van der Waals surface area contributed by atoms with Crippen molar-refractivity contribution in [3.05, 3.63) is 64.7 Å². The average Bonchev–Trinajstić information content (AvgIpc) is 2.41. The molecule has 0 bridgehead atoms. The van der Waals surface area contributed by atoms with Gasteiger partial charge in [0.05, 0.1) is 5.60 Å². The SMILES string of the molecule is CC(O)(CNCc1ccc(Cl)nc1)c1ccc(F)cc1. The topological polar surface area (TPSA) is 45.1 Å². The van der Waals surface area contributed by atoms with Crippen LogP contribution in [-0.4, -0.2) is 16.6 Å². The Morgan fingerprint density at radius 1 is 1.25 bits per heavy atom. The fraction of sp³-hybridized carbons (Fsp3) is 0.267. The molecule has 0 fully saturated rings. The van der Waals surface area contributed by atoms with Gasteiger partial charge in [-0.3, -0.25) is 0 Å². The van der Waals surface area contributed by atoms with Gasteiger partial charge in [0.15, 0.2) is 0 Å². The minimum absolute atomic E-state index is 0.315. The highest BCUT2D eigenvalue weighted by atomic mass is 35.5. The van der Waals surface area contributed by atoms with Crippen LogP contribution in [-0.2, 0) is 12.1 Å². The summed E-state index contributed by atoms with van der Waals surface area (Å²) >= 11 is 5.71. The summed E-state index contributed by atoms with van der Waals surface area (Å²) in [7, 11) is 0. The Labute approximate surface area is 122 Å². The number of nitrogens with zero attached hydrogens (tertiary/aromatic N) is 1. The molecule has 0 saturated heterocycles. The summed E-state index contributed by atoms with van der Waals surface area (Å²) in [4.78, 5) is 3.98. The number of nitrogens with one attached hydrogen (secondary N) is 1. The van der Waals surface area contributed by atoms with Gasteiger partial charge in [-0.1, -0.05) is 29.8 Å². The fourth-order valence-electron chi connectivity index (χ4n) is 1.87. The summed E-state index contributed by atoms with van der Waals surface area (Å²) in [6, 6.07) is 9.44. The van der Waals surface area contributed by atoms with Crippen LogP contribution in [0.15, 0.2) is 42.6 Å². The highest BCUT2D eigenvalue weighted by molar-refractivity contribution is 6.29. The maximum Gasteiger partial charge on any atom is 0.129 e. The molecule has 0 radical (unpaired) electrons. The summed E-state index contributed by atoms with van der Waals surface area (Å²) in [5.41, 5.74) is 0.582. The molecule has 1 atom stereocenters. The molecule has 0 amide bonds. The molecule has 0 spiro atoms. The summed E-state index contributed by atoms with van der Waals surface area (Å²) in [5.74, 6) is -0.315. The molecule has 0 aliphatic rings. The van der Waals surface area contributed by atoms with Gasteiger partial charge in [0.2, 0.25) is 0 Å². The third kappa shape index (κ3) is 4.00. The minimum atomic E-state index is -1.06. The minimum Gasteiger partial charge on any atom is -0.384 e. The van der Waals surface area contributed by atoms with Crippen LogP contribution in [0.2, 0.25) is 5.15 Å². The Hall–Kier alpha value is -1.49. The number of benzene rings is 1. The first kappa shape index (κ1) is 14.9. The molecule has 0 aliphatic heterocycles. The van der Waals surface area contributed by atoms with E-state index in [-0.39, 0.29) is 5.82 Å². The molecule has 5 heteroatoms. The number of rotatable bonds is 5. The van der Waals surface area contributed by atoms with Gasteiger partial charge in [0.1, 0.15) is 11.0 Å². The number of hydrogen-bond donors (Lipinski definition) is 2.